The van der Waals surface area contributed by atoms with Crippen LogP contribution in [0.5, 0.6) is 0 Å². The predicted molar refractivity (Wildman–Crippen MR) is 56.6 cm³/mol. The largest absolute Gasteiger partial charge is 0.465 e. The highest BCUT2D eigenvalue weighted by atomic mass is 79.9. The van der Waals surface area contributed by atoms with Crippen LogP contribution in [0.4, 0.5) is 4.79 Å². The monoisotopic (exact) mass is 277 g/mol. The van der Waals surface area contributed by atoms with Crippen LogP contribution < -0.4 is 5.32 Å². The second-order valence-electron chi connectivity index (χ2n) is 3.10. The van der Waals surface area contributed by atoms with Crippen molar-refractivity contribution >= 4 is 22.0 Å². The Hall–Kier alpha value is -1.08. The highest BCUT2D eigenvalue weighted by molar-refractivity contribution is 9.10. The van der Waals surface area contributed by atoms with Crippen molar-refractivity contribution in [2.24, 2.45) is 0 Å². The summed E-state index contributed by atoms with van der Waals surface area (Å²) in [5, 5.41) is 23.8. The lowest BCUT2D eigenvalue weighted by atomic mass is 10.3. The molecule has 0 spiro atoms. The van der Waals surface area contributed by atoms with Gasteiger partial charge in [0.05, 0.1) is 18.3 Å². The molecule has 1 aromatic rings. The summed E-state index contributed by atoms with van der Waals surface area (Å²) in [4.78, 5) is 10.3. The fraction of sp³-hybridized carbons (Fsp3) is 0.500. The van der Waals surface area contributed by atoms with E-state index in [1.807, 2.05) is 6.92 Å². The third-order valence-corrected chi connectivity index (χ3v) is 2.30. The SMILES string of the molecule is CC(CNC(=O)O)n1nc(Br)cc1CO. The second kappa shape index (κ2) is 5.13. The van der Waals surface area contributed by atoms with Crippen LogP contribution in [-0.4, -0.2) is 32.6 Å². The molecule has 0 aliphatic rings. The molecule has 1 unspecified atom stereocenters. The summed E-state index contributed by atoms with van der Waals surface area (Å²) in [5.41, 5.74) is 0.640. The minimum Gasteiger partial charge on any atom is -0.465 e. The number of hydrogen-bond acceptors (Lipinski definition) is 3. The van der Waals surface area contributed by atoms with Gasteiger partial charge in [-0.3, -0.25) is 4.68 Å². The molecule has 0 aliphatic heterocycles. The van der Waals surface area contributed by atoms with Gasteiger partial charge in [-0.25, -0.2) is 4.79 Å². The van der Waals surface area contributed by atoms with Gasteiger partial charge in [-0.2, -0.15) is 5.10 Å². The summed E-state index contributed by atoms with van der Waals surface area (Å²) in [6.07, 6.45) is -1.07. The minimum absolute atomic E-state index is 0.129. The normalized spacial score (nSPS) is 12.5. The fourth-order valence-electron chi connectivity index (χ4n) is 1.22. The molecule has 6 nitrogen and oxygen atoms in total. The van der Waals surface area contributed by atoms with E-state index in [0.29, 0.717) is 10.3 Å². The van der Waals surface area contributed by atoms with Crippen LogP contribution in [-0.2, 0) is 6.61 Å². The van der Waals surface area contributed by atoms with E-state index in [0.717, 1.165) is 0 Å². The third kappa shape index (κ3) is 3.21. The van der Waals surface area contributed by atoms with E-state index < -0.39 is 6.09 Å². The van der Waals surface area contributed by atoms with E-state index >= 15 is 0 Å². The number of aromatic nitrogens is 2. The van der Waals surface area contributed by atoms with Gasteiger partial charge in [0.2, 0.25) is 0 Å². The van der Waals surface area contributed by atoms with Crippen LogP contribution in [0.25, 0.3) is 0 Å². The van der Waals surface area contributed by atoms with Crippen LogP contribution in [0.3, 0.4) is 0 Å². The van der Waals surface area contributed by atoms with E-state index in [1.165, 1.54) is 0 Å². The van der Waals surface area contributed by atoms with E-state index in [-0.39, 0.29) is 19.2 Å². The van der Waals surface area contributed by atoms with Crippen molar-refractivity contribution in [1.82, 2.24) is 15.1 Å². The number of carbonyl (C=O) groups is 1. The number of hydrogen-bond donors (Lipinski definition) is 3. The van der Waals surface area contributed by atoms with Crippen molar-refractivity contribution in [2.45, 2.75) is 19.6 Å². The predicted octanol–water partition coefficient (Wildman–Crippen LogP) is 0.966. The van der Waals surface area contributed by atoms with Crippen LogP contribution in [0.1, 0.15) is 18.7 Å². The first-order chi connectivity index (χ1) is 7.04. The Morgan fingerprint density at radius 3 is 3.00 bits per heavy atom. The standard InChI is InChI=1S/C8H12BrN3O3/c1-5(3-10-8(14)15)12-6(4-13)2-7(9)11-12/h2,5,10,13H,3-4H2,1H3,(H,14,15). The number of aliphatic hydroxyl groups excluding tert-OH is 1. The number of carboxylic acid groups (broad SMARTS) is 1. The molecule has 0 radical (unpaired) electrons. The van der Waals surface area contributed by atoms with Crippen LogP contribution >= 0.6 is 15.9 Å². The molecule has 7 heteroatoms. The summed E-state index contributed by atoms with van der Waals surface area (Å²) in [5.74, 6) is 0. The lowest BCUT2D eigenvalue weighted by molar-refractivity contribution is 0.192. The van der Waals surface area contributed by atoms with Crippen LogP contribution in [0.15, 0.2) is 10.7 Å². The molecule has 1 amide bonds. The first kappa shape index (κ1) is 12.0. The third-order valence-electron chi connectivity index (χ3n) is 1.91. The lowest BCUT2D eigenvalue weighted by Gasteiger charge is -2.14. The van der Waals surface area contributed by atoms with Gasteiger partial charge in [0.1, 0.15) is 4.60 Å². The van der Waals surface area contributed by atoms with Crippen molar-refractivity contribution in [3.8, 4) is 0 Å². The van der Waals surface area contributed by atoms with E-state index in [1.54, 1.807) is 10.7 Å². The van der Waals surface area contributed by atoms with Gasteiger partial charge in [-0.1, -0.05) is 0 Å². The van der Waals surface area contributed by atoms with Gasteiger partial charge >= 0.3 is 6.09 Å². The summed E-state index contributed by atoms with van der Waals surface area (Å²) in [7, 11) is 0. The Labute approximate surface area is 95.0 Å². The highest BCUT2D eigenvalue weighted by Gasteiger charge is 2.12. The number of rotatable bonds is 4. The molecule has 3 N–H and O–H groups in total. The topological polar surface area (TPSA) is 87.4 Å². The summed E-state index contributed by atoms with van der Waals surface area (Å²) in [6.45, 7) is 1.93. The average Bonchev–Trinajstić information content (AvgIpc) is 2.56. The molecule has 1 aromatic heterocycles. The van der Waals surface area contributed by atoms with Crippen LogP contribution in [0, 0.1) is 0 Å². The smallest absolute Gasteiger partial charge is 0.404 e. The molecule has 84 valence electrons. The molecular weight excluding hydrogens is 266 g/mol. The fourth-order valence-corrected chi connectivity index (χ4v) is 1.66. The highest BCUT2D eigenvalue weighted by Crippen LogP contribution is 2.15. The molecule has 15 heavy (non-hydrogen) atoms. The zero-order chi connectivity index (χ0) is 11.4. The molecule has 1 heterocycles. The maximum absolute atomic E-state index is 10.3. The van der Waals surface area contributed by atoms with E-state index in [9.17, 15) is 4.79 Å². The first-order valence-electron chi connectivity index (χ1n) is 4.36. The first-order valence-corrected chi connectivity index (χ1v) is 5.15. The average molecular weight is 278 g/mol. The summed E-state index contributed by atoms with van der Waals surface area (Å²) in [6, 6.07) is 1.55. The lowest BCUT2D eigenvalue weighted by Crippen LogP contribution is -2.29. The molecular formula is C8H12BrN3O3. The van der Waals surface area contributed by atoms with Crippen molar-refractivity contribution in [2.75, 3.05) is 6.54 Å². The van der Waals surface area contributed by atoms with E-state index in [4.69, 9.17) is 10.2 Å². The molecule has 0 aliphatic carbocycles. The second-order valence-corrected chi connectivity index (χ2v) is 3.91. The number of halogens is 1. The van der Waals surface area contributed by atoms with Gasteiger partial charge in [-0.15, -0.1) is 0 Å². The molecule has 0 saturated carbocycles. The van der Waals surface area contributed by atoms with Gasteiger partial charge in [0, 0.05) is 6.54 Å². The zero-order valence-electron chi connectivity index (χ0n) is 8.14. The Bertz CT molecular complexity index is 353. The number of aliphatic hydroxyl groups is 1. The maximum atomic E-state index is 10.3. The van der Waals surface area contributed by atoms with Gasteiger partial charge in [-0.05, 0) is 28.9 Å². The maximum Gasteiger partial charge on any atom is 0.404 e. The Kier molecular flexibility index (Phi) is 4.10. The number of nitrogens with zero attached hydrogens (tertiary/aromatic N) is 2. The number of amides is 1. The molecule has 0 bridgehead atoms. The van der Waals surface area contributed by atoms with E-state index in [2.05, 4.69) is 26.3 Å². The van der Waals surface area contributed by atoms with Crippen molar-refractivity contribution < 1.29 is 15.0 Å². The molecule has 1 atom stereocenters. The summed E-state index contributed by atoms with van der Waals surface area (Å²) >= 11 is 3.19. The minimum atomic E-state index is -1.07. The molecule has 0 fully saturated rings. The Balaban J connectivity index is 2.71. The van der Waals surface area contributed by atoms with Crippen molar-refractivity contribution in [3.05, 3.63) is 16.4 Å². The quantitative estimate of drug-likeness (QED) is 0.765. The van der Waals surface area contributed by atoms with Gasteiger partial charge < -0.3 is 15.5 Å². The van der Waals surface area contributed by atoms with Gasteiger partial charge in [0.25, 0.3) is 0 Å². The zero-order valence-corrected chi connectivity index (χ0v) is 9.73. The Morgan fingerprint density at radius 2 is 2.47 bits per heavy atom. The number of nitrogens with one attached hydrogen (secondary N) is 1. The van der Waals surface area contributed by atoms with Gasteiger partial charge in [0.15, 0.2) is 0 Å². The Morgan fingerprint density at radius 1 is 1.80 bits per heavy atom. The van der Waals surface area contributed by atoms with Crippen LogP contribution in [0.2, 0.25) is 0 Å². The molecule has 0 saturated heterocycles. The molecule has 1 rings (SSSR count). The van der Waals surface area contributed by atoms with Crippen molar-refractivity contribution in [1.29, 1.82) is 0 Å². The van der Waals surface area contributed by atoms with Crippen molar-refractivity contribution in [3.63, 3.8) is 0 Å². The molecule has 0 aromatic carbocycles. The summed E-state index contributed by atoms with van der Waals surface area (Å²) < 4.78 is 2.20.